The van der Waals surface area contributed by atoms with Crippen LogP contribution in [0.4, 0.5) is 19.0 Å². The number of pyridine rings is 1. The number of nitrogens with zero attached hydrogens (tertiary/aromatic N) is 5. The Morgan fingerprint density at radius 2 is 1.73 bits per heavy atom. The largest absolute Gasteiger partial charge is 0.416 e. The lowest BCUT2D eigenvalue weighted by molar-refractivity contribution is -0.138. The summed E-state index contributed by atoms with van der Waals surface area (Å²) in [7, 11) is 1.93. The predicted molar refractivity (Wildman–Crippen MR) is 165 cm³/mol. The molecule has 10 heteroatoms. The average molecular weight is 615 g/mol. The quantitative estimate of drug-likeness (QED) is 0.228. The number of rotatable bonds is 9. The molecule has 1 amide bonds. The lowest BCUT2D eigenvalue weighted by atomic mass is 9.62. The molecule has 0 spiro atoms. The maximum absolute atomic E-state index is 14.4. The van der Waals surface area contributed by atoms with Crippen LogP contribution in [0.15, 0.2) is 60.9 Å². The van der Waals surface area contributed by atoms with E-state index in [-0.39, 0.29) is 35.2 Å². The molecule has 234 valence electrons. The van der Waals surface area contributed by atoms with Gasteiger partial charge in [0, 0.05) is 48.6 Å². The van der Waals surface area contributed by atoms with E-state index in [2.05, 4.69) is 28.5 Å². The summed E-state index contributed by atoms with van der Waals surface area (Å²) in [5.41, 5.74) is 2.43. The van der Waals surface area contributed by atoms with Crippen molar-refractivity contribution in [1.82, 2.24) is 25.1 Å². The van der Waals surface area contributed by atoms with E-state index in [1.807, 2.05) is 48.0 Å². The van der Waals surface area contributed by atoms with Crippen molar-refractivity contribution in [2.24, 2.45) is 7.05 Å². The zero-order valence-electron chi connectivity index (χ0n) is 25.6. The summed E-state index contributed by atoms with van der Waals surface area (Å²) >= 11 is 0. The molecule has 0 radical (unpaired) electrons. The SMILES string of the molecule is Cn1cnnc1CC1(c2cc(Cc3ccccc3)nc(N3Cc4c(cc(CNC5(C)CCC5)cc4C(F)(F)F)C3=O)c2)CCC1. The van der Waals surface area contributed by atoms with Gasteiger partial charge < -0.3 is 9.88 Å². The first-order chi connectivity index (χ1) is 21.5. The van der Waals surface area contributed by atoms with Crippen molar-refractivity contribution in [2.75, 3.05) is 4.90 Å². The van der Waals surface area contributed by atoms with Gasteiger partial charge in [-0.15, -0.1) is 10.2 Å². The molecule has 4 aromatic rings. The highest BCUT2D eigenvalue weighted by Crippen LogP contribution is 2.47. The second kappa shape index (κ2) is 11.1. The third kappa shape index (κ3) is 5.65. The first-order valence-corrected chi connectivity index (χ1v) is 15.7. The lowest BCUT2D eigenvalue weighted by Gasteiger charge is -2.42. The van der Waals surface area contributed by atoms with Crippen molar-refractivity contribution in [2.45, 2.75) is 88.5 Å². The van der Waals surface area contributed by atoms with E-state index >= 15 is 0 Å². The third-order valence-electron chi connectivity index (χ3n) is 10.2. The highest BCUT2D eigenvalue weighted by molar-refractivity contribution is 6.10. The van der Waals surface area contributed by atoms with Crippen LogP contribution in [0.2, 0.25) is 0 Å². The minimum atomic E-state index is -4.59. The highest BCUT2D eigenvalue weighted by atomic mass is 19.4. The predicted octanol–water partition coefficient (Wildman–Crippen LogP) is 6.68. The van der Waals surface area contributed by atoms with Crippen LogP contribution in [0.5, 0.6) is 0 Å². The minimum Gasteiger partial charge on any atom is -0.321 e. The summed E-state index contributed by atoms with van der Waals surface area (Å²) in [5, 5.41) is 11.8. The normalized spacial score (nSPS) is 18.4. The minimum absolute atomic E-state index is 0.0142. The van der Waals surface area contributed by atoms with Gasteiger partial charge in [-0.05, 0) is 85.5 Å². The van der Waals surface area contributed by atoms with Crippen molar-refractivity contribution in [1.29, 1.82) is 0 Å². The van der Waals surface area contributed by atoms with E-state index in [1.54, 1.807) is 12.4 Å². The number of aryl methyl sites for hydroxylation is 1. The van der Waals surface area contributed by atoms with Crippen LogP contribution in [0, 0.1) is 0 Å². The van der Waals surface area contributed by atoms with Crippen LogP contribution in [-0.2, 0) is 44.6 Å². The summed E-state index contributed by atoms with van der Waals surface area (Å²) in [6, 6.07) is 16.8. The molecule has 1 aliphatic heterocycles. The summed E-state index contributed by atoms with van der Waals surface area (Å²) in [6.07, 6.45) is 4.34. The molecule has 45 heavy (non-hydrogen) atoms. The van der Waals surface area contributed by atoms with E-state index in [9.17, 15) is 18.0 Å². The number of hydrogen-bond donors (Lipinski definition) is 1. The number of aromatic nitrogens is 4. The maximum Gasteiger partial charge on any atom is 0.416 e. The average Bonchev–Trinajstić information content (AvgIpc) is 3.54. The van der Waals surface area contributed by atoms with Crippen molar-refractivity contribution < 1.29 is 18.0 Å². The summed E-state index contributed by atoms with van der Waals surface area (Å²) < 4.78 is 45.3. The van der Waals surface area contributed by atoms with Crippen LogP contribution < -0.4 is 10.2 Å². The standard InChI is InChI=1S/C35H37F3N6O/c1-33(10-6-11-33)39-20-24-15-27-28(29(16-24)35(36,37)38)21-44(32(27)45)30-18-25(17-26(41-30)14-23-8-4-3-5-9-23)34(12-7-13-34)19-31-42-40-22-43(31)2/h3-5,8-9,15-18,22,39H,6-7,10-14,19-21H2,1-2H3. The van der Waals surface area contributed by atoms with E-state index in [0.29, 0.717) is 24.2 Å². The van der Waals surface area contributed by atoms with Gasteiger partial charge in [0.25, 0.3) is 5.91 Å². The fourth-order valence-electron chi connectivity index (χ4n) is 7.06. The van der Waals surface area contributed by atoms with E-state index in [4.69, 9.17) is 4.98 Å². The number of nitrogens with one attached hydrogen (secondary N) is 1. The molecule has 2 aromatic heterocycles. The van der Waals surface area contributed by atoms with Crippen LogP contribution in [0.1, 0.15) is 95.1 Å². The second-order valence-corrected chi connectivity index (χ2v) is 13.4. The van der Waals surface area contributed by atoms with Gasteiger partial charge >= 0.3 is 6.18 Å². The number of anilines is 1. The smallest absolute Gasteiger partial charge is 0.321 e. The number of benzene rings is 2. The first kappa shape index (κ1) is 29.6. The molecule has 0 bridgehead atoms. The Kier molecular flexibility index (Phi) is 7.30. The fraction of sp³-hybridized carbons (Fsp3) is 0.429. The number of halogens is 3. The molecule has 2 aromatic carbocycles. The zero-order valence-corrected chi connectivity index (χ0v) is 25.6. The molecular formula is C35H37F3N6O. The van der Waals surface area contributed by atoms with Gasteiger partial charge in [0.2, 0.25) is 0 Å². The van der Waals surface area contributed by atoms with Crippen LogP contribution in [0.3, 0.4) is 0 Å². The molecule has 0 saturated heterocycles. The Bertz CT molecular complexity index is 1740. The van der Waals surface area contributed by atoms with Crippen molar-refractivity contribution in [3.05, 3.63) is 106 Å². The van der Waals surface area contributed by atoms with Crippen LogP contribution in [0.25, 0.3) is 0 Å². The summed E-state index contributed by atoms with van der Waals surface area (Å²) in [4.78, 5) is 20.3. The van der Waals surface area contributed by atoms with Crippen LogP contribution in [-0.4, -0.2) is 31.2 Å². The second-order valence-electron chi connectivity index (χ2n) is 13.4. The third-order valence-corrected chi connectivity index (χ3v) is 10.2. The Morgan fingerprint density at radius 1 is 0.978 bits per heavy atom. The Morgan fingerprint density at radius 3 is 2.36 bits per heavy atom. The molecule has 0 unspecified atom stereocenters. The summed E-state index contributed by atoms with van der Waals surface area (Å²) in [5.74, 6) is 0.811. The molecule has 7 nitrogen and oxygen atoms in total. The first-order valence-electron chi connectivity index (χ1n) is 15.7. The number of carbonyl (C=O) groups is 1. The number of hydrogen-bond acceptors (Lipinski definition) is 5. The van der Waals surface area contributed by atoms with Gasteiger partial charge in [0.1, 0.15) is 18.0 Å². The Labute approximate surface area is 260 Å². The monoisotopic (exact) mass is 614 g/mol. The van der Waals surface area contributed by atoms with Gasteiger partial charge in [-0.25, -0.2) is 4.98 Å². The van der Waals surface area contributed by atoms with E-state index in [0.717, 1.165) is 61.2 Å². The fourth-order valence-corrected chi connectivity index (χ4v) is 7.06. The number of fused-ring (bicyclic) bond motifs is 1. The molecule has 7 rings (SSSR count). The molecule has 3 heterocycles. The van der Waals surface area contributed by atoms with Gasteiger partial charge in [-0.2, -0.15) is 13.2 Å². The van der Waals surface area contributed by atoms with E-state index in [1.165, 1.54) is 11.0 Å². The van der Waals surface area contributed by atoms with Gasteiger partial charge in [0.05, 0.1) is 12.1 Å². The number of amides is 1. The molecule has 2 aliphatic carbocycles. The maximum atomic E-state index is 14.4. The molecule has 2 fully saturated rings. The Balaban J connectivity index is 1.27. The zero-order chi connectivity index (χ0) is 31.4. The highest BCUT2D eigenvalue weighted by Gasteiger charge is 2.43. The van der Waals surface area contributed by atoms with Crippen molar-refractivity contribution >= 4 is 11.7 Å². The topological polar surface area (TPSA) is 75.9 Å². The number of alkyl halides is 3. The molecule has 3 aliphatic rings. The van der Waals surface area contributed by atoms with Crippen LogP contribution >= 0.6 is 0 Å². The lowest BCUT2D eigenvalue weighted by Crippen LogP contribution is -2.47. The van der Waals surface area contributed by atoms with Gasteiger partial charge in [-0.1, -0.05) is 36.8 Å². The molecular weight excluding hydrogens is 577 g/mol. The molecule has 1 N–H and O–H groups in total. The molecule has 0 atom stereocenters. The van der Waals surface area contributed by atoms with E-state index < -0.39 is 17.6 Å². The van der Waals surface area contributed by atoms with Crippen molar-refractivity contribution in [3.8, 4) is 0 Å². The van der Waals surface area contributed by atoms with Crippen molar-refractivity contribution in [3.63, 3.8) is 0 Å². The Hall–Kier alpha value is -4.05. The van der Waals surface area contributed by atoms with Gasteiger partial charge in [-0.3, -0.25) is 9.69 Å². The number of carbonyl (C=O) groups excluding carboxylic acids is 1. The van der Waals surface area contributed by atoms with Gasteiger partial charge in [0.15, 0.2) is 0 Å². The summed E-state index contributed by atoms with van der Waals surface area (Å²) in [6.45, 7) is 2.19. The molecule has 2 saturated carbocycles.